The van der Waals surface area contributed by atoms with Gasteiger partial charge in [0.2, 0.25) is 0 Å². The Kier molecular flexibility index (Phi) is 11.3. The van der Waals surface area contributed by atoms with E-state index in [0.29, 0.717) is 37.1 Å². The van der Waals surface area contributed by atoms with Gasteiger partial charge >= 0.3 is 0 Å². The molecule has 1 aromatic heterocycles. The zero-order valence-corrected chi connectivity index (χ0v) is 19.9. The lowest BCUT2D eigenvalue weighted by Crippen LogP contribution is -2.36. The van der Waals surface area contributed by atoms with E-state index in [1.54, 1.807) is 7.05 Å². The van der Waals surface area contributed by atoms with Crippen LogP contribution in [0.3, 0.4) is 0 Å². The predicted octanol–water partition coefficient (Wildman–Crippen LogP) is 3.81. The third-order valence-corrected chi connectivity index (χ3v) is 4.31. The quantitative estimate of drug-likeness (QED) is 0.205. The van der Waals surface area contributed by atoms with Crippen molar-refractivity contribution in [3.63, 3.8) is 0 Å². The Morgan fingerprint density at radius 2 is 1.83 bits per heavy atom. The number of nitrogens with one attached hydrogen (secondary N) is 3. The second kappa shape index (κ2) is 13.2. The van der Waals surface area contributed by atoms with Gasteiger partial charge in [-0.2, -0.15) is 0 Å². The summed E-state index contributed by atoms with van der Waals surface area (Å²) in [6.07, 6.45) is 2.06. The lowest BCUT2D eigenvalue weighted by Gasteiger charge is -2.11. The maximum absolute atomic E-state index is 12.0. The van der Waals surface area contributed by atoms with E-state index in [-0.39, 0.29) is 29.9 Å². The first-order valence-electron chi connectivity index (χ1n) is 9.80. The van der Waals surface area contributed by atoms with Gasteiger partial charge in [-0.1, -0.05) is 44.5 Å². The summed E-state index contributed by atoms with van der Waals surface area (Å²) < 4.78 is 5.32. The van der Waals surface area contributed by atoms with Crippen LogP contribution in [0.2, 0.25) is 0 Å². The van der Waals surface area contributed by atoms with Gasteiger partial charge in [-0.25, -0.2) is 0 Å². The number of carbonyl (C=O) groups is 1. The van der Waals surface area contributed by atoms with Crippen molar-refractivity contribution in [3.05, 3.63) is 52.9 Å². The van der Waals surface area contributed by atoms with Crippen LogP contribution in [-0.4, -0.2) is 30.6 Å². The molecule has 29 heavy (non-hydrogen) atoms. The van der Waals surface area contributed by atoms with E-state index >= 15 is 0 Å². The van der Waals surface area contributed by atoms with Crippen LogP contribution < -0.4 is 16.0 Å². The first kappa shape index (κ1) is 24.9. The van der Waals surface area contributed by atoms with E-state index in [4.69, 9.17) is 4.52 Å². The van der Waals surface area contributed by atoms with Crippen LogP contribution in [0.15, 0.2) is 39.8 Å². The molecule has 2 rings (SSSR count). The molecule has 0 fully saturated rings. The van der Waals surface area contributed by atoms with Crippen LogP contribution in [-0.2, 0) is 13.1 Å². The fourth-order valence-corrected chi connectivity index (χ4v) is 2.52. The fourth-order valence-electron chi connectivity index (χ4n) is 2.52. The van der Waals surface area contributed by atoms with Gasteiger partial charge in [0.1, 0.15) is 0 Å². The molecule has 0 atom stereocenters. The van der Waals surface area contributed by atoms with Crippen LogP contribution >= 0.6 is 24.0 Å². The van der Waals surface area contributed by atoms with Crippen molar-refractivity contribution in [2.45, 2.75) is 52.6 Å². The molecule has 3 N–H and O–H groups in total. The first-order chi connectivity index (χ1) is 13.5. The SMILES string of the molecule is CCCCNC(=O)c1ccc(CNC(=NC)NCc2cc(C(C)C)no2)cc1.I. The average molecular weight is 513 g/mol. The summed E-state index contributed by atoms with van der Waals surface area (Å²) in [6, 6.07) is 9.53. The standard InChI is InChI=1S/C21H31N5O2.HI/c1-5-6-11-23-20(27)17-9-7-16(8-10-17)13-24-21(22-4)25-14-18-12-19(15(2)3)26-28-18;/h7-10,12,15H,5-6,11,13-14H2,1-4H3,(H,23,27)(H2,22,24,25);1H. The number of aromatic nitrogens is 1. The van der Waals surface area contributed by atoms with Crippen LogP contribution in [0.25, 0.3) is 0 Å². The zero-order chi connectivity index (χ0) is 20.4. The summed E-state index contributed by atoms with van der Waals surface area (Å²) in [5, 5.41) is 13.4. The predicted molar refractivity (Wildman–Crippen MR) is 127 cm³/mol. The molecule has 0 aliphatic rings. The lowest BCUT2D eigenvalue weighted by atomic mass is 10.1. The van der Waals surface area contributed by atoms with Crippen LogP contribution in [0.1, 0.15) is 66.9 Å². The monoisotopic (exact) mass is 513 g/mol. The maximum atomic E-state index is 12.0. The molecule has 0 unspecified atom stereocenters. The number of carbonyl (C=O) groups excluding carboxylic acids is 1. The Morgan fingerprint density at radius 3 is 2.41 bits per heavy atom. The highest BCUT2D eigenvalue weighted by Gasteiger charge is 2.08. The van der Waals surface area contributed by atoms with Crippen molar-refractivity contribution in [1.29, 1.82) is 0 Å². The molecule has 2 aromatic rings. The van der Waals surface area contributed by atoms with Gasteiger partial charge in [-0.15, -0.1) is 24.0 Å². The number of rotatable bonds is 9. The topological polar surface area (TPSA) is 91.5 Å². The molecule has 0 saturated heterocycles. The highest BCUT2D eigenvalue weighted by molar-refractivity contribution is 14.0. The van der Waals surface area contributed by atoms with E-state index in [1.807, 2.05) is 30.3 Å². The van der Waals surface area contributed by atoms with Crippen molar-refractivity contribution in [1.82, 2.24) is 21.1 Å². The van der Waals surface area contributed by atoms with Gasteiger partial charge in [-0.05, 0) is 30.0 Å². The molecule has 1 aromatic carbocycles. The Balaban J connectivity index is 0.00000420. The average Bonchev–Trinajstić information content (AvgIpc) is 3.18. The molecule has 0 radical (unpaired) electrons. The van der Waals surface area contributed by atoms with Crippen molar-refractivity contribution in [3.8, 4) is 0 Å². The van der Waals surface area contributed by atoms with Crippen LogP contribution in [0, 0.1) is 0 Å². The molecule has 1 amide bonds. The van der Waals surface area contributed by atoms with E-state index < -0.39 is 0 Å². The molecule has 0 bridgehead atoms. The molecule has 160 valence electrons. The number of halogens is 1. The smallest absolute Gasteiger partial charge is 0.251 e. The molecule has 0 spiro atoms. The van der Waals surface area contributed by atoms with Crippen LogP contribution in [0.5, 0.6) is 0 Å². The molecule has 8 heteroatoms. The van der Waals surface area contributed by atoms with Crippen molar-refractivity contribution in [2.75, 3.05) is 13.6 Å². The molecular formula is C21H32IN5O2. The maximum Gasteiger partial charge on any atom is 0.251 e. The Hall–Kier alpha value is -2.10. The summed E-state index contributed by atoms with van der Waals surface area (Å²) in [5.41, 5.74) is 2.68. The van der Waals surface area contributed by atoms with Gasteiger partial charge in [0.15, 0.2) is 11.7 Å². The molecular weight excluding hydrogens is 481 g/mol. The van der Waals surface area contributed by atoms with Gasteiger partial charge in [0, 0.05) is 31.8 Å². The lowest BCUT2D eigenvalue weighted by molar-refractivity contribution is 0.0953. The second-order valence-electron chi connectivity index (χ2n) is 6.96. The van der Waals surface area contributed by atoms with Crippen LogP contribution in [0.4, 0.5) is 0 Å². The Bertz CT molecular complexity index is 772. The highest BCUT2D eigenvalue weighted by Crippen LogP contribution is 2.13. The van der Waals surface area contributed by atoms with Gasteiger partial charge in [0.25, 0.3) is 5.91 Å². The Morgan fingerprint density at radius 1 is 1.14 bits per heavy atom. The van der Waals surface area contributed by atoms with E-state index in [9.17, 15) is 4.79 Å². The minimum absolute atomic E-state index is 0. The zero-order valence-electron chi connectivity index (χ0n) is 17.6. The number of nitrogens with zero attached hydrogens (tertiary/aromatic N) is 2. The van der Waals surface area contributed by atoms with Gasteiger partial charge < -0.3 is 20.5 Å². The summed E-state index contributed by atoms with van der Waals surface area (Å²) in [5.74, 6) is 1.75. The van der Waals surface area contributed by atoms with E-state index in [0.717, 1.165) is 29.9 Å². The summed E-state index contributed by atoms with van der Waals surface area (Å²) >= 11 is 0. The van der Waals surface area contributed by atoms with E-state index in [1.165, 1.54) is 0 Å². The summed E-state index contributed by atoms with van der Waals surface area (Å²) in [6.45, 7) is 8.09. The number of aliphatic imine (C=N–C) groups is 1. The fraction of sp³-hybridized carbons (Fsp3) is 0.476. The number of benzene rings is 1. The van der Waals surface area contributed by atoms with Crippen molar-refractivity contribution < 1.29 is 9.32 Å². The largest absolute Gasteiger partial charge is 0.359 e. The van der Waals surface area contributed by atoms with E-state index in [2.05, 4.69) is 46.9 Å². The van der Waals surface area contributed by atoms with Crippen molar-refractivity contribution >= 4 is 35.8 Å². The summed E-state index contributed by atoms with van der Waals surface area (Å²) in [7, 11) is 1.72. The molecule has 0 saturated carbocycles. The molecule has 1 heterocycles. The number of guanidine groups is 1. The number of unbranched alkanes of at least 4 members (excludes halogenated alkanes) is 1. The number of amides is 1. The number of hydrogen-bond donors (Lipinski definition) is 3. The van der Waals surface area contributed by atoms with Crippen molar-refractivity contribution in [2.24, 2.45) is 4.99 Å². The minimum atomic E-state index is -0.0294. The second-order valence-corrected chi connectivity index (χ2v) is 6.96. The number of hydrogen-bond acceptors (Lipinski definition) is 4. The third kappa shape index (κ3) is 8.43. The normalized spacial score (nSPS) is 11.1. The third-order valence-electron chi connectivity index (χ3n) is 4.31. The Labute approximate surface area is 190 Å². The molecule has 0 aliphatic heterocycles. The minimum Gasteiger partial charge on any atom is -0.359 e. The highest BCUT2D eigenvalue weighted by atomic mass is 127. The summed E-state index contributed by atoms with van der Waals surface area (Å²) in [4.78, 5) is 16.3. The first-order valence-corrected chi connectivity index (χ1v) is 9.80. The molecule has 7 nitrogen and oxygen atoms in total. The molecule has 0 aliphatic carbocycles. The van der Waals surface area contributed by atoms with Gasteiger partial charge in [-0.3, -0.25) is 9.79 Å². The van der Waals surface area contributed by atoms with Gasteiger partial charge in [0.05, 0.1) is 12.2 Å².